The summed E-state index contributed by atoms with van der Waals surface area (Å²) in [5.74, 6) is -1.55. The molecule has 8 nitrogen and oxygen atoms in total. The van der Waals surface area contributed by atoms with Crippen molar-refractivity contribution in [3.05, 3.63) is 48.6 Å². The number of aliphatic carboxylic acids is 1. The van der Waals surface area contributed by atoms with E-state index in [4.69, 9.17) is 14.2 Å². The third-order valence-electron chi connectivity index (χ3n) is 10.5. The van der Waals surface area contributed by atoms with Gasteiger partial charge >= 0.3 is 17.9 Å². The Hall–Kier alpha value is -2.71. The maximum absolute atomic E-state index is 12.7. The van der Waals surface area contributed by atoms with Crippen LogP contribution in [0.3, 0.4) is 0 Å². The van der Waals surface area contributed by atoms with Crippen LogP contribution >= 0.6 is 0 Å². The van der Waals surface area contributed by atoms with Gasteiger partial charge in [0.1, 0.15) is 6.61 Å². The van der Waals surface area contributed by atoms with Crippen LogP contribution in [-0.2, 0) is 28.6 Å². The van der Waals surface area contributed by atoms with Gasteiger partial charge in [0, 0.05) is 19.3 Å². The first kappa shape index (κ1) is 55.3. The van der Waals surface area contributed by atoms with Crippen molar-refractivity contribution in [2.24, 2.45) is 0 Å². The molecular weight excluding hydrogens is 727 g/mol. The second-order valence-electron chi connectivity index (χ2n) is 17.0. The van der Waals surface area contributed by atoms with Crippen LogP contribution < -0.4 is 0 Å². The molecule has 0 heterocycles. The van der Waals surface area contributed by atoms with Gasteiger partial charge in [-0.1, -0.05) is 172 Å². The standard InChI is InChI=1S/C50H89NO7/c1-6-8-10-12-14-16-18-20-21-22-23-24-25-26-27-29-30-32-34-36-38-40-48(52)57-45-46(44-56-43-42-47(50(54)55)51(3,4)5)58-49(53)41-39-37-35-33-31-28-19-17-15-13-11-9-7-2/h8,10,14,16,28,31,35,37,46-47H,6-7,9,11-13,15,17-27,29-30,32-34,36,38-45H2,1-5H3/p+1/b10-8+,16-14+,31-28+,37-35+. The molecule has 0 aliphatic rings. The first-order valence-electron chi connectivity index (χ1n) is 23.7. The van der Waals surface area contributed by atoms with Crippen LogP contribution in [0.1, 0.15) is 200 Å². The quantitative estimate of drug-likeness (QED) is 0.0283. The molecule has 0 rings (SSSR count). The Bertz CT molecular complexity index is 1090. The van der Waals surface area contributed by atoms with Crippen LogP contribution in [0.4, 0.5) is 0 Å². The van der Waals surface area contributed by atoms with Crippen molar-refractivity contribution < 1.29 is 38.2 Å². The summed E-state index contributed by atoms with van der Waals surface area (Å²) in [4.78, 5) is 37.0. The SMILES string of the molecule is CC/C=C/C/C=C/CCCCCCCCCCCCCCCCC(=O)OCC(COCCC(C(=O)O)[N+](C)(C)C)OC(=O)CC/C=C/C/C=C/CCCCCCCC. The van der Waals surface area contributed by atoms with Crippen molar-refractivity contribution >= 4 is 17.9 Å². The summed E-state index contributed by atoms with van der Waals surface area (Å²) in [5, 5.41) is 9.62. The number of likely N-dealkylation sites (N-methyl/N-ethyl adjacent to an activating group) is 1. The number of hydrogen-bond donors (Lipinski definition) is 1. The molecule has 0 saturated heterocycles. The summed E-state index contributed by atoms with van der Waals surface area (Å²) >= 11 is 0. The van der Waals surface area contributed by atoms with Gasteiger partial charge in [-0.15, -0.1) is 0 Å². The van der Waals surface area contributed by atoms with Crippen LogP contribution in [0.5, 0.6) is 0 Å². The predicted molar refractivity (Wildman–Crippen MR) is 243 cm³/mol. The molecule has 2 unspecified atom stereocenters. The molecule has 0 radical (unpaired) electrons. The fraction of sp³-hybridized carbons (Fsp3) is 0.780. The van der Waals surface area contributed by atoms with Crippen LogP contribution in [0.15, 0.2) is 48.6 Å². The smallest absolute Gasteiger partial charge is 0.362 e. The van der Waals surface area contributed by atoms with Gasteiger partial charge in [0.15, 0.2) is 12.1 Å². The highest BCUT2D eigenvalue weighted by atomic mass is 16.6. The first-order chi connectivity index (χ1) is 28.1. The number of esters is 2. The van der Waals surface area contributed by atoms with Crippen LogP contribution in [0.2, 0.25) is 0 Å². The maximum atomic E-state index is 12.7. The van der Waals surface area contributed by atoms with Crippen LogP contribution in [-0.4, -0.2) is 80.6 Å². The average molecular weight is 817 g/mol. The fourth-order valence-corrected chi connectivity index (χ4v) is 6.83. The molecule has 0 saturated carbocycles. The average Bonchev–Trinajstić information content (AvgIpc) is 3.18. The van der Waals surface area contributed by atoms with Crippen molar-refractivity contribution in [1.29, 1.82) is 0 Å². The van der Waals surface area contributed by atoms with Gasteiger partial charge in [-0.25, -0.2) is 4.79 Å². The van der Waals surface area contributed by atoms with E-state index < -0.39 is 18.1 Å². The number of carboxylic acid groups (broad SMARTS) is 1. The minimum Gasteiger partial charge on any atom is -0.477 e. The molecule has 8 heteroatoms. The summed E-state index contributed by atoms with van der Waals surface area (Å²) in [6.45, 7) is 4.57. The van der Waals surface area contributed by atoms with Crippen molar-refractivity contribution in [3.63, 3.8) is 0 Å². The van der Waals surface area contributed by atoms with E-state index in [0.29, 0.717) is 19.3 Å². The fourth-order valence-electron chi connectivity index (χ4n) is 6.83. The van der Waals surface area contributed by atoms with Gasteiger partial charge in [0.25, 0.3) is 0 Å². The molecule has 0 fully saturated rings. The maximum Gasteiger partial charge on any atom is 0.362 e. The topological polar surface area (TPSA) is 99.1 Å². The lowest BCUT2D eigenvalue weighted by atomic mass is 10.0. The number of allylic oxidation sites excluding steroid dienone is 8. The van der Waals surface area contributed by atoms with Crippen LogP contribution in [0.25, 0.3) is 0 Å². The number of unbranched alkanes of at least 4 members (excludes halogenated alkanes) is 20. The Kier molecular flexibility index (Phi) is 39.1. The number of carbonyl (C=O) groups is 3. The molecule has 58 heavy (non-hydrogen) atoms. The summed E-state index contributed by atoms with van der Waals surface area (Å²) in [5.41, 5.74) is 0. The molecule has 1 N–H and O–H groups in total. The highest BCUT2D eigenvalue weighted by Gasteiger charge is 2.31. The minimum atomic E-state index is -0.882. The Morgan fingerprint density at radius 2 is 1.00 bits per heavy atom. The zero-order chi connectivity index (χ0) is 42.8. The summed E-state index contributed by atoms with van der Waals surface area (Å²) in [6, 6.07) is -0.623. The number of nitrogens with zero attached hydrogens (tertiary/aromatic N) is 1. The predicted octanol–water partition coefficient (Wildman–Crippen LogP) is 13.2. The monoisotopic (exact) mass is 817 g/mol. The lowest BCUT2D eigenvalue weighted by molar-refractivity contribution is -0.887. The van der Waals surface area contributed by atoms with Crippen LogP contribution in [0, 0.1) is 0 Å². The number of hydrogen-bond acceptors (Lipinski definition) is 6. The van der Waals surface area contributed by atoms with Gasteiger partial charge in [0.05, 0.1) is 34.4 Å². The van der Waals surface area contributed by atoms with Crippen molar-refractivity contribution in [2.75, 3.05) is 41.0 Å². The second-order valence-corrected chi connectivity index (χ2v) is 17.0. The van der Waals surface area contributed by atoms with E-state index in [1.54, 1.807) is 0 Å². The Balaban J connectivity index is 4.27. The molecular formula is C50H90NO7+. The third-order valence-corrected chi connectivity index (χ3v) is 10.5. The first-order valence-corrected chi connectivity index (χ1v) is 23.7. The molecule has 0 aliphatic carbocycles. The second kappa shape index (κ2) is 41.0. The Morgan fingerprint density at radius 1 is 0.534 bits per heavy atom. The third kappa shape index (κ3) is 38.8. The zero-order valence-electron chi connectivity index (χ0n) is 38.2. The van der Waals surface area contributed by atoms with Gasteiger partial charge < -0.3 is 23.8 Å². The molecule has 0 aromatic carbocycles. The van der Waals surface area contributed by atoms with Crippen molar-refractivity contribution in [2.45, 2.75) is 212 Å². The highest BCUT2D eigenvalue weighted by molar-refractivity contribution is 5.72. The summed E-state index contributed by atoms with van der Waals surface area (Å²) in [6.07, 6.45) is 48.9. The van der Waals surface area contributed by atoms with E-state index >= 15 is 0 Å². The van der Waals surface area contributed by atoms with Gasteiger partial charge in [-0.2, -0.15) is 0 Å². The molecule has 0 spiro atoms. The van der Waals surface area contributed by atoms with Gasteiger partial charge in [-0.05, 0) is 57.8 Å². The minimum absolute atomic E-state index is 0.0392. The molecule has 0 aromatic heterocycles. The largest absolute Gasteiger partial charge is 0.477 e. The molecule has 336 valence electrons. The zero-order valence-corrected chi connectivity index (χ0v) is 38.2. The number of carbonyl (C=O) groups excluding carboxylic acids is 2. The summed E-state index contributed by atoms with van der Waals surface area (Å²) in [7, 11) is 5.51. The Morgan fingerprint density at radius 3 is 1.48 bits per heavy atom. The lowest BCUT2D eigenvalue weighted by Crippen LogP contribution is -2.50. The van der Waals surface area contributed by atoms with Gasteiger partial charge in [-0.3, -0.25) is 9.59 Å². The molecule has 0 bridgehead atoms. The molecule has 0 aliphatic heterocycles. The highest BCUT2D eigenvalue weighted by Crippen LogP contribution is 2.15. The normalized spacial score (nSPS) is 13.3. The molecule has 0 amide bonds. The summed E-state index contributed by atoms with van der Waals surface area (Å²) < 4.78 is 17.2. The van der Waals surface area contributed by atoms with E-state index in [-0.39, 0.29) is 42.7 Å². The molecule has 0 aromatic rings. The van der Waals surface area contributed by atoms with E-state index in [1.807, 2.05) is 27.2 Å². The molecule has 2 atom stereocenters. The van der Waals surface area contributed by atoms with E-state index in [1.165, 1.54) is 116 Å². The van der Waals surface area contributed by atoms with Gasteiger partial charge in [0.2, 0.25) is 0 Å². The number of rotatable bonds is 42. The lowest BCUT2D eigenvalue weighted by Gasteiger charge is -2.31. The van der Waals surface area contributed by atoms with E-state index in [2.05, 4.69) is 56.4 Å². The number of carboxylic acids is 1. The van der Waals surface area contributed by atoms with E-state index in [0.717, 1.165) is 44.9 Å². The number of ether oxygens (including phenoxy) is 3. The van der Waals surface area contributed by atoms with Crippen molar-refractivity contribution in [3.8, 4) is 0 Å². The number of quaternary nitrogens is 1. The Labute approximate surface area is 356 Å². The van der Waals surface area contributed by atoms with Crippen molar-refractivity contribution in [1.82, 2.24) is 0 Å². The van der Waals surface area contributed by atoms with E-state index in [9.17, 15) is 19.5 Å².